The molecule has 1 aliphatic carbocycles. The maximum atomic E-state index is 13.4. The Hall–Kier alpha value is -4.16. The van der Waals surface area contributed by atoms with Crippen LogP contribution in [0.25, 0.3) is 4.85 Å². The molecule has 1 amide bonds. The normalized spacial score (nSPS) is 23.4. The van der Waals surface area contributed by atoms with E-state index in [0.717, 1.165) is 36.6 Å². The van der Waals surface area contributed by atoms with E-state index in [1.54, 1.807) is 12.4 Å². The fourth-order valence-corrected chi connectivity index (χ4v) is 5.92. The van der Waals surface area contributed by atoms with Crippen LogP contribution < -0.4 is 9.64 Å². The molecule has 0 N–H and O–H groups in total. The van der Waals surface area contributed by atoms with Crippen molar-refractivity contribution in [3.05, 3.63) is 95.0 Å². The Morgan fingerprint density at radius 2 is 1.93 bits per heavy atom. The van der Waals surface area contributed by atoms with Crippen molar-refractivity contribution >= 4 is 17.4 Å². The Bertz CT molecular complexity index is 1440. The highest BCUT2D eigenvalue weighted by atomic mass is 19.1. The van der Waals surface area contributed by atoms with Gasteiger partial charge in [0, 0.05) is 42.6 Å². The second-order valence-corrected chi connectivity index (χ2v) is 10.7. The summed E-state index contributed by atoms with van der Waals surface area (Å²) < 4.78 is 19.5. The van der Waals surface area contributed by atoms with Gasteiger partial charge in [0.25, 0.3) is 11.4 Å². The van der Waals surface area contributed by atoms with E-state index in [4.69, 9.17) is 11.3 Å². The maximum absolute atomic E-state index is 13.4. The molecular weight excluding hydrogens is 507 g/mol. The third-order valence-corrected chi connectivity index (χ3v) is 8.12. The lowest BCUT2D eigenvalue weighted by atomic mass is 9.70. The van der Waals surface area contributed by atoms with Crippen molar-refractivity contribution in [2.45, 2.75) is 50.1 Å². The van der Waals surface area contributed by atoms with Crippen LogP contribution in [0.1, 0.15) is 53.7 Å². The molecule has 0 atom stereocenters. The summed E-state index contributed by atoms with van der Waals surface area (Å²) in [6.45, 7) is 11.6. The lowest BCUT2D eigenvalue weighted by Crippen LogP contribution is -2.53. The summed E-state index contributed by atoms with van der Waals surface area (Å²) in [5, 5.41) is 0. The van der Waals surface area contributed by atoms with E-state index in [1.165, 1.54) is 43.5 Å². The first-order valence-corrected chi connectivity index (χ1v) is 13.9. The molecule has 2 aliphatic heterocycles. The minimum atomic E-state index is -0.707. The Morgan fingerprint density at radius 3 is 2.65 bits per heavy atom. The van der Waals surface area contributed by atoms with Gasteiger partial charge in [0.2, 0.25) is 5.88 Å². The number of halogens is 1. The number of likely N-dealkylation sites (tertiary alicyclic amines) is 1. The van der Waals surface area contributed by atoms with Crippen molar-refractivity contribution < 1.29 is 13.9 Å². The van der Waals surface area contributed by atoms with Crippen molar-refractivity contribution in [1.82, 2.24) is 14.9 Å². The van der Waals surface area contributed by atoms with Gasteiger partial charge in [0.05, 0.1) is 24.6 Å². The van der Waals surface area contributed by atoms with E-state index in [0.29, 0.717) is 43.1 Å². The van der Waals surface area contributed by atoms with Crippen molar-refractivity contribution in [2.75, 3.05) is 31.1 Å². The minimum Gasteiger partial charge on any atom is -0.476 e. The average Bonchev–Trinajstić information content (AvgIpc) is 3.31. The number of aliphatic imine (C=N–C) groups is 1. The number of hydrogen-bond acceptors (Lipinski definition) is 5. The van der Waals surface area contributed by atoms with Gasteiger partial charge in [-0.3, -0.25) is 14.7 Å². The van der Waals surface area contributed by atoms with Crippen LogP contribution in [0.2, 0.25) is 0 Å². The van der Waals surface area contributed by atoms with Crippen molar-refractivity contribution in [2.24, 2.45) is 4.99 Å². The highest BCUT2D eigenvalue weighted by Gasteiger charge is 2.57. The molecule has 8 nitrogen and oxygen atoms in total. The molecule has 2 aromatic heterocycles. The number of amides is 1. The van der Waals surface area contributed by atoms with E-state index in [9.17, 15) is 9.18 Å². The molecule has 0 bridgehead atoms. The number of piperidine rings is 1. The standard InChI is InChI=1S/C31H31FN6O2/c1-33-31(27-7-3-4-12-34-27)19-25(20-31)38-26-18-29(40-16-15-37-13-5-2-6-14-37)35-21-23(26)17-28(38)36-30(39)22-8-10-24(32)11-9-22/h3-4,7-12,18,21,25H,2,5-6,13-17,19-20H2. The molecule has 2 fully saturated rings. The number of fused-ring (bicyclic) bond motifs is 1. The lowest BCUT2D eigenvalue weighted by molar-refractivity contribution is 0.100. The van der Waals surface area contributed by atoms with Crippen LogP contribution in [0.15, 0.2) is 65.9 Å². The summed E-state index contributed by atoms with van der Waals surface area (Å²) in [7, 11) is 0. The van der Waals surface area contributed by atoms with E-state index in [-0.39, 0.29) is 6.04 Å². The third kappa shape index (κ3) is 5.19. The highest BCUT2D eigenvalue weighted by Crippen LogP contribution is 2.49. The second kappa shape index (κ2) is 11.1. The molecule has 1 saturated carbocycles. The van der Waals surface area contributed by atoms with Gasteiger partial charge < -0.3 is 14.5 Å². The molecule has 4 heterocycles. The summed E-state index contributed by atoms with van der Waals surface area (Å²) in [6, 6.07) is 12.9. The number of ether oxygens (including phenoxy) is 1. The molecule has 9 heteroatoms. The summed E-state index contributed by atoms with van der Waals surface area (Å²) in [6.07, 6.45) is 8.83. The van der Waals surface area contributed by atoms with E-state index in [2.05, 4.69) is 29.6 Å². The monoisotopic (exact) mass is 538 g/mol. The largest absolute Gasteiger partial charge is 0.476 e. The van der Waals surface area contributed by atoms with Crippen LogP contribution in [0, 0.1) is 12.4 Å². The SMILES string of the molecule is [C-]#[N+]C1(c2ccccn2)CC(N2C(=NC(=O)c3ccc(F)cc3)Cc3cnc(OCCN4CCCCC4)cc32)C1. The molecule has 3 aliphatic rings. The molecule has 1 aromatic carbocycles. The first-order chi connectivity index (χ1) is 19.5. The number of nitrogens with zero attached hydrogens (tertiary/aromatic N) is 6. The predicted octanol–water partition coefficient (Wildman–Crippen LogP) is 5.06. The van der Waals surface area contributed by atoms with Crippen molar-refractivity contribution in [3.8, 4) is 5.88 Å². The lowest BCUT2D eigenvalue weighted by Gasteiger charge is -2.43. The zero-order valence-corrected chi connectivity index (χ0v) is 22.3. The number of anilines is 1. The molecule has 0 radical (unpaired) electrons. The summed E-state index contributed by atoms with van der Waals surface area (Å²) >= 11 is 0. The Balaban J connectivity index is 1.25. The molecule has 40 heavy (non-hydrogen) atoms. The maximum Gasteiger partial charge on any atom is 0.278 e. The van der Waals surface area contributed by atoms with Gasteiger partial charge in [-0.1, -0.05) is 12.5 Å². The number of carbonyl (C=O) groups is 1. The molecular formula is C31H31FN6O2. The number of pyridine rings is 2. The quantitative estimate of drug-likeness (QED) is 0.392. The van der Waals surface area contributed by atoms with Crippen LogP contribution >= 0.6 is 0 Å². The summed E-state index contributed by atoms with van der Waals surface area (Å²) in [5.74, 6) is 0.297. The Kier molecular flexibility index (Phi) is 7.27. The van der Waals surface area contributed by atoms with Crippen LogP contribution in [-0.2, 0) is 12.0 Å². The minimum absolute atomic E-state index is 0.0410. The summed E-state index contributed by atoms with van der Waals surface area (Å²) in [4.78, 5) is 35.0. The van der Waals surface area contributed by atoms with Gasteiger partial charge in [-0.2, -0.15) is 4.99 Å². The first kappa shape index (κ1) is 26.1. The molecule has 1 saturated heterocycles. The molecule has 3 aromatic rings. The first-order valence-electron chi connectivity index (χ1n) is 13.9. The van der Waals surface area contributed by atoms with Gasteiger partial charge in [0.15, 0.2) is 0 Å². The van der Waals surface area contributed by atoms with Gasteiger partial charge >= 0.3 is 0 Å². The fraction of sp³-hybridized carbons (Fsp3) is 0.387. The van der Waals surface area contributed by atoms with Crippen LogP contribution in [0.3, 0.4) is 0 Å². The average molecular weight is 539 g/mol. The number of benzene rings is 1. The summed E-state index contributed by atoms with van der Waals surface area (Å²) in [5.41, 5.74) is 2.23. The molecule has 0 unspecified atom stereocenters. The van der Waals surface area contributed by atoms with Crippen LogP contribution in [-0.4, -0.2) is 58.9 Å². The fourth-order valence-electron chi connectivity index (χ4n) is 5.92. The van der Waals surface area contributed by atoms with Gasteiger partial charge in [-0.15, -0.1) is 0 Å². The topological polar surface area (TPSA) is 75.3 Å². The number of hydrogen-bond donors (Lipinski definition) is 0. The van der Waals surface area contributed by atoms with Crippen molar-refractivity contribution in [3.63, 3.8) is 0 Å². The van der Waals surface area contributed by atoms with Gasteiger partial charge in [0.1, 0.15) is 24.0 Å². The number of aromatic nitrogens is 2. The number of rotatable bonds is 7. The van der Waals surface area contributed by atoms with E-state index < -0.39 is 17.3 Å². The molecule has 204 valence electrons. The number of amidine groups is 1. The van der Waals surface area contributed by atoms with E-state index >= 15 is 0 Å². The third-order valence-electron chi connectivity index (χ3n) is 8.12. The Labute approximate surface area is 233 Å². The van der Waals surface area contributed by atoms with Gasteiger partial charge in [-0.05, 0) is 62.3 Å². The van der Waals surface area contributed by atoms with Gasteiger partial charge in [-0.25, -0.2) is 15.9 Å². The van der Waals surface area contributed by atoms with Crippen LogP contribution in [0.4, 0.5) is 10.1 Å². The predicted molar refractivity (Wildman–Crippen MR) is 150 cm³/mol. The molecule has 0 spiro atoms. The highest BCUT2D eigenvalue weighted by molar-refractivity contribution is 6.12. The zero-order valence-electron chi connectivity index (χ0n) is 22.3. The van der Waals surface area contributed by atoms with Crippen LogP contribution in [0.5, 0.6) is 5.88 Å². The number of carbonyl (C=O) groups excluding carboxylic acids is 1. The molecule has 6 rings (SSSR count). The Morgan fingerprint density at radius 1 is 1.12 bits per heavy atom. The van der Waals surface area contributed by atoms with Crippen molar-refractivity contribution in [1.29, 1.82) is 0 Å². The zero-order chi connectivity index (χ0) is 27.5. The smallest absolute Gasteiger partial charge is 0.278 e. The second-order valence-electron chi connectivity index (χ2n) is 10.7. The van der Waals surface area contributed by atoms with E-state index in [1.807, 2.05) is 24.3 Å².